The van der Waals surface area contributed by atoms with Gasteiger partial charge in [-0.2, -0.15) is 0 Å². The number of carbonyl (C=O) groups is 2. The summed E-state index contributed by atoms with van der Waals surface area (Å²) in [7, 11) is 0. The van der Waals surface area contributed by atoms with Crippen molar-refractivity contribution in [1.82, 2.24) is 5.32 Å². The highest BCUT2D eigenvalue weighted by molar-refractivity contribution is 5.73. The SMILES string of the molecule is N[C@@H](CC[C@H](O)CNC[C@@H](O)CC[C@H](N)C(=O)O)C(=O)O. The van der Waals surface area contributed by atoms with E-state index in [-0.39, 0.29) is 38.8 Å². The fourth-order valence-electron chi connectivity index (χ4n) is 1.61. The molecule has 0 fully saturated rings. The van der Waals surface area contributed by atoms with Crippen LogP contribution in [0.5, 0.6) is 0 Å². The second-order valence-corrected chi connectivity index (χ2v) is 5.01. The molecule has 0 saturated carbocycles. The highest BCUT2D eigenvalue weighted by Crippen LogP contribution is 2.02. The molecule has 0 bridgehead atoms. The molecule has 0 amide bonds. The van der Waals surface area contributed by atoms with Crippen molar-refractivity contribution in [2.24, 2.45) is 11.5 Å². The maximum Gasteiger partial charge on any atom is 0.320 e. The smallest absolute Gasteiger partial charge is 0.320 e. The Balaban J connectivity index is 3.68. The van der Waals surface area contributed by atoms with Crippen LogP contribution in [-0.2, 0) is 9.59 Å². The molecule has 0 radical (unpaired) electrons. The Morgan fingerprint density at radius 3 is 1.43 bits per heavy atom. The molecule has 124 valence electrons. The fraction of sp³-hybridized carbons (Fsp3) is 0.833. The maximum atomic E-state index is 10.5. The van der Waals surface area contributed by atoms with Crippen LogP contribution < -0.4 is 16.8 Å². The van der Waals surface area contributed by atoms with Gasteiger partial charge in [-0.25, -0.2) is 0 Å². The van der Waals surface area contributed by atoms with Gasteiger partial charge in [-0.15, -0.1) is 0 Å². The highest BCUT2D eigenvalue weighted by atomic mass is 16.4. The van der Waals surface area contributed by atoms with Crippen molar-refractivity contribution >= 4 is 11.9 Å². The maximum absolute atomic E-state index is 10.5. The minimum Gasteiger partial charge on any atom is -0.480 e. The second-order valence-electron chi connectivity index (χ2n) is 5.01. The third-order valence-corrected chi connectivity index (χ3v) is 3.02. The molecule has 0 aromatic carbocycles. The van der Waals surface area contributed by atoms with Gasteiger partial charge in [-0.05, 0) is 25.7 Å². The van der Waals surface area contributed by atoms with Gasteiger partial charge in [-0.3, -0.25) is 9.59 Å². The van der Waals surface area contributed by atoms with Crippen LogP contribution in [0.1, 0.15) is 25.7 Å². The van der Waals surface area contributed by atoms with E-state index in [2.05, 4.69) is 5.32 Å². The lowest BCUT2D eigenvalue weighted by Gasteiger charge is -2.16. The zero-order valence-electron chi connectivity index (χ0n) is 11.8. The van der Waals surface area contributed by atoms with Gasteiger partial charge in [0.1, 0.15) is 12.1 Å². The molecule has 0 heterocycles. The Hall–Kier alpha value is -1.26. The summed E-state index contributed by atoms with van der Waals surface area (Å²) >= 11 is 0. The van der Waals surface area contributed by atoms with Crippen LogP contribution in [-0.4, -0.2) is 69.7 Å². The van der Waals surface area contributed by atoms with Gasteiger partial charge in [0.05, 0.1) is 12.2 Å². The fourth-order valence-corrected chi connectivity index (χ4v) is 1.61. The van der Waals surface area contributed by atoms with E-state index in [1.54, 1.807) is 0 Å². The molecule has 0 rings (SSSR count). The number of hydrogen-bond donors (Lipinski definition) is 7. The van der Waals surface area contributed by atoms with E-state index < -0.39 is 36.2 Å². The predicted octanol–water partition coefficient (Wildman–Crippen LogP) is -2.32. The average molecular weight is 307 g/mol. The normalized spacial score (nSPS) is 17.0. The van der Waals surface area contributed by atoms with Gasteiger partial charge in [0.2, 0.25) is 0 Å². The number of carboxylic acid groups (broad SMARTS) is 2. The summed E-state index contributed by atoms with van der Waals surface area (Å²) < 4.78 is 0. The van der Waals surface area contributed by atoms with Crippen LogP contribution in [0.4, 0.5) is 0 Å². The van der Waals surface area contributed by atoms with Crippen LogP contribution in [0.2, 0.25) is 0 Å². The Morgan fingerprint density at radius 1 is 0.810 bits per heavy atom. The second kappa shape index (κ2) is 10.5. The minimum atomic E-state index is -1.11. The first-order valence-electron chi connectivity index (χ1n) is 6.77. The molecular formula is C12H25N3O6. The molecule has 9 N–H and O–H groups in total. The molecule has 21 heavy (non-hydrogen) atoms. The van der Waals surface area contributed by atoms with E-state index in [9.17, 15) is 19.8 Å². The Kier molecular flexibility index (Phi) is 9.84. The minimum absolute atomic E-state index is 0.161. The topological polar surface area (TPSA) is 179 Å². The molecule has 9 heteroatoms. The van der Waals surface area contributed by atoms with Gasteiger partial charge in [0, 0.05) is 13.1 Å². The number of rotatable bonds is 12. The average Bonchev–Trinajstić information content (AvgIpc) is 2.41. The van der Waals surface area contributed by atoms with Gasteiger partial charge in [-0.1, -0.05) is 0 Å². The van der Waals surface area contributed by atoms with Crippen molar-refractivity contribution < 1.29 is 30.0 Å². The summed E-state index contributed by atoms with van der Waals surface area (Å²) in [6.45, 7) is 0.378. The molecule has 9 nitrogen and oxygen atoms in total. The molecule has 0 aliphatic carbocycles. The summed E-state index contributed by atoms with van der Waals surface area (Å²) in [5.74, 6) is -2.22. The number of aliphatic hydroxyl groups is 2. The van der Waals surface area contributed by atoms with Crippen molar-refractivity contribution in [2.75, 3.05) is 13.1 Å². The number of aliphatic hydroxyl groups excluding tert-OH is 2. The van der Waals surface area contributed by atoms with Gasteiger partial charge in [0.15, 0.2) is 0 Å². The van der Waals surface area contributed by atoms with Crippen LogP contribution in [0.3, 0.4) is 0 Å². The zero-order chi connectivity index (χ0) is 16.4. The summed E-state index contributed by atoms with van der Waals surface area (Å²) in [5, 5.41) is 39.2. The standard InChI is InChI=1S/C12H25N3O6/c13-9(11(18)19)3-1-7(16)5-15-6-8(17)2-4-10(14)12(20)21/h7-10,15-17H,1-6,13-14H2,(H,18,19)(H,20,21)/t7-,8-,9-,10-/m0/s1. The Bertz CT molecular complexity index is 298. The lowest BCUT2D eigenvalue weighted by atomic mass is 10.1. The first-order valence-corrected chi connectivity index (χ1v) is 6.77. The Labute approximate surface area is 122 Å². The number of nitrogens with two attached hydrogens (primary N) is 2. The monoisotopic (exact) mass is 307 g/mol. The van der Waals surface area contributed by atoms with Crippen molar-refractivity contribution in [3.63, 3.8) is 0 Å². The summed E-state index contributed by atoms with van der Waals surface area (Å²) in [4.78, 5) is 21.0. The molecule has 0 spiro atoms. The van der Waals surface area contributed by atoms with Crippen LogP contribution in [0.25, 0.3) is 0 Å². The summed E-state index contributed by atoms with van der Waals surface area (Å²) in [6.07, 6.45) is -0.726. The summed E-state index contributed by atoms with van der Waals surface area (Å²) in [5.41, 5.74) is 10.6. The molecule has 0 aliphatic heterocycles. The first kappa shape index (κ1) is 19.7. The third-order valence-electron chi connectivity index (χ3n) is 3.02. The first-order chi connectivity index (χ1) is 9.73. The number of nitrogens with one attached hydrogen (secondary N) is 1. The van der Waals surface area contributed by atoms with Gasteiger partial charge in [0.25, 0.3) is 0 Å². The molecule has 0 saturated heterocycles. The van der Waals surface area contributed by atoms with Crippen molar-refractivity contribution in [2.45, 2.75) is 50.0 Å². The van der Waals surface area contributed by atoms with E-state index in [0.29, 0.717) is 0 Å². The Morgan fingerprint density at radius 2 is 1.14 bits per heavy atom. The predicted molar refractivity (Wildman–Crippen MR) is 74.6 cm³/mol. The quantitative estimate of drug-likeness (QED) is 0.208. The van der Waals surface area contributed by atoms with Crippen molar-refractivity contribution in [3.05, 3.63) is 0 Å². The zero-order valence-corrected chi connectivity index (χ0v) is 11.8. The molecule has 0 aromatic rings. The van der Waals surface area contributed by atoms with Gasteiger partial charge >= 0.3 is 11.9 Å². The number of aliphatic carboxylic acids is 2. The molecule has 0 unspecified atom stereocenters. The van der Waals surface area contributed by atoms with E-state index in [4.69, 9.17) is 21.7 Å². The summed E-state index contributed by atoms with van der Waals surface area (Å²) in [6, 6.07) is -1.99. The van der Waals surface area contributed by atoms with E-state index in [0.717, 1.165) is 0 Å². The number of carboxylic acids is 2. The van der Waals surface area contributed by atoms with Crippen LogP contribution in [0.15, 0.2) is 0 Å². The van der Waals surface area contributed by atoms with E-state index in [1.807, 2.05) is 0 Å². The van der Waals surface area contributed by atoms with Crippen LogP contribution >= 0.6 is 0 Å². The lowest BCUT2D eigenvalue weighted by Crippen LogP contribution is -2.37. The molecule has 0 aliphatic rings. The number of hydrogen-bond acceptors (Lipinski definition) is 7. The highest BCUT2D eigenvalue weighted by Gasteiger charge is 2.15. The van der Waals surface area contributed by atoms with Gasteiger partial charge < -0.3 is 37.2 Å². The molecule has 4 atom stereocenters. The van der Waals surface area contributed by atoms with E-state index in [1.165, 1.54) is 0 Å². The van der Waals surface area contributed by atoms with Crippen LogP contribution in [0, 0.1) is 0 Å². The lowest BCUT2D eigenvalue weighted by molar-refractivity contribution is -0.139. The van der Waals surface area contributed by atoms with E-state index >= 15 is 0 Å². The largest absolute Gasteiger partial charge is 0.480 e. The molecule has 0 aromatic heterocycles. The van der Waals surface area contributed by atoms with Crippen molar-refractivity contribution in [1.29, 1.82) is 0 Å². The third kappa shape index (κ3) is 10.2. The molecular weight excluding hydrogens is 282 g/mol. The van der Waals surface area contributed by atoms with Crippen molar-refractivity contribution in [3.8, 4) is 0 Å².